The number of carbonyl (C=O) groups excluding carboxylic acids is 2. The van der Waals surface area contributed by atoms with Crippen molar-refractivity contribution in [1.29, 1.82) is 0 Å². The van der Waals surface area contributed by atoms with E-state index in [-0.39, 0.29) is 29.3 Å². The van der Waals surface area contributed by atoms with Gasteiger partial charge in [0.15, 0.2) is 5.78 Å². The number of esters is 1. The lowest BCUT2D eigenvalue weighted by molar-refractivity contribution is -0.135. The van der Waals surface area contributed by atoms with Gasteiger partial charge in [-0.3, -0.25) is 9.59 Å². The van der Waals surface area contributed by atoms with Crippen LogP contribution in [0.15, 0.2) is 54.6 Å². The van der Waals surface area contributed by atoms with Crippen LogP contribution in [0.1, 0.15) is 39.4 Å². The number of ketones is 1. The molecule has 1 aliphatic rings. The summed E-state index contributed by atoms with van der Waals surface area (Å²) >= 11 is 5.91. The molecule has 0 radical (unpaired) electrons. The summed E-state index contributed by atoms with van der Waals surface area (Å²) in [5.74, 6) is -0.290. The lowest BCUT2D eigenvalue weighted by Gasteiger charge is -2.27. The van der Waals surface area contributed by atoms with Gasteiger partial charge < -0.3 is 19.3 Å². The minimum atomic E-state index is -0.560. The summed E-state index contributed by atoms with van der Waals surface area (Å²) in [5.41, 5.74) is 1.53. The first-order valence-corrected chi connectivity index (χ1v) is 9.89. The maximum Gasteiger partial charge on any atom is 0.312 e. The van der Waals surface area contributed by atoms with Crippen molar-refractivity contribution in [3.8, 4) is 23.0 Å². The van der Waals surface area contributed by atoms with E-state index in [4.69, 9.17) is 25.8 Å². The Kier molecular flexibility index (Phi) is 5.57. The van der Waals surface area contributed by atoms with Crippen molar-refractivity contribution in [2.45, 2.75) is 12.3 Å². The summed E-state index contributed by atoms with van der Waals surface area (Å²) in [4.78, 5) is 25.3. The molecule has 3 aromatic rings. The van der Waals surface area contributed by atoms with Crippen LogP contribution in [0.2, 0.25) is 5.02 Å². The molecule has 1 aliphatic heterocycles. The molecular formula is C24H19ClO6. The van der Waals surface area contributed by atoms with Gasteiger partial charge in [-0.2, -0.15) is 0 Å². The van der Waals surface area contributed by atoms with Crippen LogP contribution in [0.3, 0.4) is 0 Å². The van der Waals surface area contributed by atoms with Gasteiger partial charge in [-0.15, -0.1) is 0 Å². The Morgan fingerprint density at radius 3 is 2.48 bits per heavy atom. The Labute approximate surface area is 183 Å². The van der Waals surface area contributed by atoms with E-state index in [2.05, 4.69) is 0 Å². The lowest BCUT2D eigenvalue weighted by atomic mass is 9.83. The number of carbonyl (C=O) groups is 2. The highest BCUT2D eigenvalue weighted by molar-refractivity contribution is 6.30. The maximum absolute atomic E-state index is 13.0. The van der Waals surface area contributed by atoms with Crippen LogP contribution in [0.4, 0.5) is 0 Å². The largest absolute Gasteiger partial charge is 0.507 e. The molecule has 7 heteroatoms. The predicted octanol–water partition coefficient (Wildman–Crippen LogP) is 4.73. The number of fused-ring (bicyclic) bond motifs is 1. The van der Waals surface area contributed by atoms with Crippen molar-refractivity contribution in [3.05, 3.63) is 81.9 Å². The second kappa shape index (κ2) is 8.32. The van der Waals surface area contributed by atoms with Gasteiger partial charge in [-0.05, 0) is 42.5 Å². The van der Waals surface area contributed by atoms with Crippen LogP contribution in [0.25, 0.3) is 0 Å². The van der Waals surface area contributed by atoms with Crippen LogP contribution in [-0.4, -0.2) is 31.1 Å². The van der Waals surface area contributed by atoms with Crippen molar-refractivity contribution in [3.63, 3.8) is 0 Å². The first-order chi connectivity index (χ1) is 14.9. The average Bonchev–Trinajstić information content (AvgIpc) is 2.78. The fourth-order valence-corrected chi connectivity index (χ4v) is 3.89. The van der Waals surface area contributed by atoms with Crippen LogP contribution in [0, 0.1) is 0 Å². The van der Waals surface area contributed by atoms with Crippen molar-refractivity contribution in [1.82, 2.24) is 0 Å². The van der Waals surface area contributed by atoms with E-state index in [1.807, 2.05) is 0 Å². The minimum absolute atomic E-state index is 0.0121. The van der Waals surface area contributed by atoms with E-state index >= 15 is 0 Å². The molecule has 6 nitrogen and oxygen atoms in total. The minimum Gasteiger partial charge on any atom is -0.507 e. The molecule has 0 fully saturated rings. The molecule has 4 rings (SSSR count). The number of hydrogen-bond acceptors (Lipinski definition) is 6. The SMILES string of the molecule is COc1ccc(C2CC(=O)Oc3ccc(C(=O)c4ccc(Cl)cc4)c(O)c32)c(OC)c1. The molecule has 158 valence electrons. The number of hydrogen-bond donors (Lipinski definition) is 1. The molecule has 0 aromatic heterocycles. The number of phenols is 1. The molecule has 31 heavy (non-hydrogen) atoms. The summed E-state index contributed by atoms with van der Waals surface area (Å²) in [6, 6.07) is 14.6. The second-order valence-electron chi connectivity index (χ2n) is 7.05. The summed E-state index contributed by atoms with van der Waals surface area (Å²) in [7, 11) is 3.06. The standard InChI is InChI=1S/C24H19ClO6/c1-29-15-7-8-16(20(11-15)30-2)18-12-21(26)31-19-10-9-17(24(28)22(18)19)23(27)13-3-5-14(25)6-4-13/h3-11,18,28H,12H2,1-2H3. The summed E-state index contributed by atoms with van der Waals surface area (Å²) in [6.07, 6.45) is -0.0121. The number of benzene rings is 3. The Balaban J connectivity index is 1.84. The molecule has 0 saturated carbocycles. The quantitative estimate of drug-likeness (QED) is 0.352. The highest BCUT2D eigenvalue weighted by Crippen LogP contribution is 2.48. The first-order valence-electron chi connectivity index (χ1n) is 9.51. The molecule has 3 aromatic carbocycles. The monoisotopic (exact) mass is 438 g/mol. The van der Waals surface area contributed by atoms with Gasteiger partial charge in [0.25, 0.3) is 0 Å². The number of rotatable bonds is 5. The van der Waals surface area contributed by atoms with E-state index in [0.29, 0.717) is 33.2 Å². The van der Waals surface area contributed by atoms with Gasteiger partial charge in [0, 0.05) is 33.7 Å². The number of methoxy groups -OCH3 is 2. The van der Waals surface area contributed by atoms with E-state index in [0.717, 1.165) is 0 Å². The zero-order chi connectivity index (χ0) is 22.1. The van der Waals surface area contributed by atoms with E-state index in [1.165, 1.54) is 19.2 Å². The zero-order valence-corrected chi connectivity index (χ0v) is 17.6. The molecule has 0 amide bonds. The number of halogens is 1. The number of ether oxygens (including phenoxy) is 3. The Morgan fingerprint density at radius 1 is 1.06 bits per heavy atom. The van der Waals surface area contributed by atoms with E-state index in [9.17, 15) is 14.7 Å². The smallest absolute Gasteiger partial charge is 0.312 e. The van der Waals surface area contributed by atoms with Crippen molar-refractivity contribution in [2.24, 2.45) is 0 Å². The lowest BCUT2D eigenvalue weighted by Crippen LogP contribution is -2.22. The molecule has 0 spiro atoms. The molecule has 1 heterocycles. The van der Waals surface area contributed by atoms with Gasteiger partial charge in [-0.1, -0.05) is 17.7 Å². The highest BCUT2D eigenvalue weighted by atomic mass is 35.5. The molecule has 1 unspecified atom stereocenters. The Bertz CT molecular complexity index is 1170. The fraction of sp³-hybridized carbons (Fsp3) is 0.167. The molecule has 0 aliphatic carbocycles. The number of aromatic hydroxyl groups is 1. The molecule has 1 atom stereocenters. The van der Waals surface area contributed by atoms with Crippen LogP contribution in [0.5, 0.6) is 23.0 Å². The van der Waals surface area contributed by atoms with Gasteiger partial charge in [0.1, 0.15) is 23.0 Å². The van der Waals surface area contributed by atoms with Gasteiger partial charge in [0.2, 0.25) is 0 Å². The first kappa shape index (κ1) is 20.8. The summed E-state index contributed by atoms with van der Waals surface area (Å²) in [6.45, 7) is 0. The highest BCUT2D eigenvalue weighted by Gasteiger charge is 2.35. The topological polar surface area (TPSA) is 82.1 Å². The van der Waals surface area contributed by atoms with Crippen molar-refractivity contribution < 1.29 is 28.9 Å². The summed E-state index contributed by atoms with van der Waals surface area (Å²) < 4.78 is 16.1. The normalized spacial score (nSPS) is 15.1. The van der Waals surface area contributed by atoms with Gasteiger partial charge in [-0.25, -0.2) is 0 Å². The van der Waals surface area contributed by atoms with E-state index in [1.54, 1.807) is 49.6 Å². The Hall–Kier alpha value is -3.51. The third kappa shape index (κ3) is 3.82. The average molecular weight is 439 g/mol. The van der Waals surface area contributed by atoms with Gasteiger partial charge in [0.05, 0.1) is 26.2 Å². The number of phenolic OH excluding ortho intramolecular Hbond substituents is 1. The van der Waals surface area contributed by atoms with Crippen LogP contribution >= 0.6 is 11.6 Å². The maximum atomic E-state index is 13.0. The van der Waals surface area contributed by atoms with Crippen LogP contribution < -0.4 is 14.2 Å². The molecule has 1 N–H and O–H groups in total. The second-order valence-corrected chi connectivity index (χ2v) is 7.48. The predicted molar refractivity (Wildman–Crippen MR) is 115 cm³/mol. The Morgan fingerprint density at radius 2 is 1.81 bits per heavy atom. The van der Waals surface area contributed by atoms with E-state index < -0.39 is 11.9 Å². The molecular weight excluding hydrogens is 420 g/mol. The molecule has 0 bridgehead atoms. The third-order valence-electron chi connectivity index (χ3n) is 5.29. The third-order valence-corrected chi connectivity index (χ3v) is 5.54. The molecule has 0 saturated heterocycles. The zero-order valence-electron chi connectivity index (χ0n) is 16.8. The van der Waals surface area contributed by atoms with Crippen LogP contribution in [-0.2, 0) is 4.79 Å². The summed E-state index contributed by atoms with van der Waals surface area (Å²) in [5, 5.41) is 11.6. The van der Waals surface area contributed by atoms with Crippen molar-refractivity contribution >= 4 is 23.4 Å². The van der Waals surface area contributed by atoms with Gasteiger partial charge >= 0.3 is 5.97 Å². The fourth-order valence-electron chi connectivity index (χ4n) is 3.76. The van der Waals surface area contributed by atoms with Crippen molar-refractivity contribution in [2.75, 3.05) is 14.2 Å².